The second-order valence-corrected chi connectivity index (χ2v) is 9.52. The Labute approximate surface area is 144 Å². The van der Waals surface area contributed by atoms with Crippen molar-refractivity contribution in [2.24, 2.45) is 5.92 Å². The number of rotatable bonds is 8. The summed E-state index contributed by atoms with van der Waals surface area (Å²) < 4.78 is 33.6. The molecule has 1 atom stereocenters. The van der Waals surface area contributed by atoms with Gasteiger partial charge in [0.25, 0.3) is 0 Å². The average Bonchev–Trinajstić information content (AvgIpc) is 3.02. The number of nitrogens with one attached hydrogen (secondary N) is 1. The molecule has 1 aliphatic rings. The molecule has 0 bridgehead atoms. The Morgan fingerprint density at radius 1 is 1.30 bits per heavy atom. The van der Waals surface area contributed by atoms with Crippen LogP contribution in [0.15, 0.2) is 16.3 Å². The van der Waals surface area contributed by atoms with Crippen molar-refractivity contribution < 1.29 is 13.2 Å². The van der Waals surface area contributed by atoms with E-state index in [0.29, 0.717) is 16.7 Å². The molecule has 5 nitrogen and oxygen atoms in total. The van der Waals surface area contributed by atoms with Crippen molar-refractivity contribution in [2.45, 2.75) is 43.9 Å². The van der Waals surface area contributed by atoms with E-state index in [1.165, 1.54) is 11.3 Å². The van der Waals surface area contributed by atoms with Gasteiger partial charge >= 0.3 is 0 Å². The van der Waals surface area contributed by atoms with E-state index in [0.717, 1.165) is 44.0 Å². The van der Waals surface area contributed by atoms with Crippen LogP contribution in [0.4, 0.5) is 0 Å². The quantitative estimate of drug-likeness (QED) is 0.773. The summed E-state index contributed by atoms with van der Waals surface area (Å²) in [6.45, 7) is 10.0. The predicted molar refractivity (Wildman–Crippen MR) is 94.5 cm³/mol. The highest BCUT2D eigenvalue weighted by molar-refractivity contribution is 7.91. The van der Waals surface area contributed by atoms with Crippen molar-refractivity contribution in [3.8, 4) is 0 Å². The molecule has 0 saturated carbocycles. The average molecular weight is 361 g/mol. The van der Waals surface area contributed by atoms with Crippen molar-refractivity contribution in [1.82, 2.24) is 9.62 Å². The van der Waals surface area contributed by atoms with Gasteiger partial charge in [-0.05, 0) is 30.9 Å². The van der Waals surface area contributed by atoms with Crippen molar-refractivity contribution in [3.63, 3.8) is 0 Å². The van der Waals surface area contributed by atoms with E-state index in [2.05, 4.69) is 23.5 Å². The monoisotopic (exact) mass is 360 g/mol. The third-order valence-electron chi connectivity index (χ3n) is 4.06. The molecule has 1 N–H and O–H groups in total. The van der Waals surface area contributed by atoms with Crippen LogP contribution < -0.4 is 4.72 Å². The summed E-state index contributed by atoms with van der Waals surface area (Å²) in [5, 5.41) is 0. The molecule has 132 valence electrons. The fourth-order valence-corrected chi connectivity index (χ4v) is 5.23. The first-order valence-corrected chi connectivity index (χ1v) is 10.6. The number of morpholine rings is 1. The third-order valence-corrected chi connectivity index (χ3v) is 7.21. The summed E-state index contributed by atoms with van der Waals surface area (Å²) in [6.07, 6.45) is 1.84. The molecule has 0 aliphatic carbocycles. The normalized spacial score (nSPS) is 18.4. The molecule has 1 fully saturated rings. The number of hydrogen-bond acceptors (Lipinski definition) is 5. The number of sulfonamides is 1. The molecule has 1 saturated heterocycles. The van der Waals surface area contributed by atoms with Crippen LogP contribution in [-0.2, 0) is 21.2 Å². The Kier molecular flexibility index (Phi) is 7.03. The SMILES string of the molecule is CCc1ccc(S(=O)(=O)NCC(CC(C)C)N2CCOCC2)s1. The smallest absolute Gasteiger partial charge is 0.250 e. The first-order valence-electron chi connectivity index (χ1n) is 8.32. The minimum atomic E-state index is -3.41. The number of thiophene rings is 1. The second kappa shape index (κ2) is 8.58. The number of ether oxygens (including phenoxy) is 1. The summed E-state index contributed by atoms with van der Waals surface area (Å²) in [5.41, 5.74) is 0. The lowest BCUT2D eigenvalue weighted by Gasteiger charge is -2.35. The zero-order valence-electron chi connectivity index (χ0n) is 14.2. The Morgan fingerprint density at radius 3 is 2.57 bits per heavy atom. The summed E-state index contributed by atoms with van der Waals surface area (Å²) in [4.78, 5) is 3.44. The van der Waals surface area contributed by atoms with E-state index in [1.807, 2.05) is 13.0 Å². The zero-order chi connectivity index (χ0) is 16.9. The molecular formula is C16H28N2O3S2. The highest BCUT2D eigenvalue weighted by Crippen LogP contribution is 2.22. The van der Waals surface area contributed by atoms with Gasteiger partial charge in [0.05, 0.1) is 13.2 Å². The van der Waals surface area contributed by atoms with Gasteiger partial charge in [-0.25, -0.2) is 13.1 Å². The van der Waals surface area contributed by atoms with Gasteiger partial charge in [-0.1, -0.05) is 20.8 Å². The van der Waals surface area contributed by atoms with Gasteiger partial charge in [0.2, 0.25) is 10.0 Å². The van der Waals surface area contributed by atoms with E-state index in [-0.39, 0.29) is 6.04 Å². The molecule has 7 heteroatoms. The van der Waals surface area contributed by atoms with Crippen LogP contribution in [0.5, 0.6) is 0 Å². The van der Waals surface area contributed by atoms with Gasteiger partial charge in [0.1, 0.15) is 4.21 Å². The fraction of sp³-hybridized carbons (Fsp3) is 0.750. The molecule has 2 heterocycles. The molecule has 0 aromatic carbocycles. The van der Waals surface area contributed by atoms with E-state index in [4.69, 9.17) is 4.74 Å². The maximum absolute atomic E-state index is 12.5. The van der Waals surface area contributed by atoms with Crippen LogP contribution in [0.2, 0.25) is 0 Å². The standard InChI is InChI=1S/C16H28N2O3S2/c1-4-15-5-6-16(22-15)23(19,20)17-12-14(11-13(2)3)18-7-9-21-10-8-18/h5-6,13-14,17H,4,7-12H2,1-3H3. The number of aryl methyl sites for hydroxylation is 1. The number of hydrogen-bond donors (Lipinski definition) is 1. The lowest BCUT2D eigenvalue weighted by Crippen LogP contribution is -2.49. The second-order valence-electron chi connectivity index (χ2n) is 6.36. The number of nitrogens with zero attached hydrogens (tertiary/aromatic N) is 1. The maximum Gasteiger partial charge on any atom is 0.250 e. The molecule has 0 radical (unpaired) electrons. The van der Waals surface area contributed by atoms with Crippen LogP contribution in [0.3, 0.4) is 0 Å². The van der Waals surface area contributed by atoms with E-state index >= 15 is 0 Å². The van der Waals surface area contributed by atoms with E-state index < -0.39 is 10.0 Å². The first kappa shape index (κ1) is 18.9. The predicted octanol–water partition coefficient (Wildman–Crippen LogP) is 2.34. The van der Waals surface area contributed by atoms with E-state index in [9.17, 15) is 8.42 Å². The largest absolute Gasteiger partial charge is 0.379 e. The Morgan fingerprint density at radius 2 is 2.00 bits per heavy atom. The molecule has 1 unspecified atom stereocenters. The summed E-state index contributed by atoms with van der Waals surface area (Å²) in [7, 11) is -3.41. The summed E-state index contributed by atoms with van der Waals surface area (Å²) in [6, 6.07) is 3.82. The highest BCUT2D eigenvalue weighted by Gasteiger charge is 2.25. The maximum atomic E-state index is 12.5. The van der Waals surface area contributed by atoms with E-state index in [1.54, 1.807) is 6.07 Å². The minimum Gasteiger partial charge on any atom is -0.379 e. The molecule has 1 aromatic heterocycles. The van der Waals surface area contributed by atoms with Crippen LogP contribution in [0.25, 0.3) is 0 Å². The molecule has 0 amide bonds. The molecule has 0 spiro atoms. The van der Waals surface area contributed by atoms with Crippen molar-refractivity contribution in [1.29, 1.82) is 0 Å². The molecule has 1 aromatic rings. The zero-order valence-corrected chi connectivity index (χ0v) is 15.9. The lowest BCUT2D eigenvalue weighted by atomic mass is 10.0. The topological polar surface area (TPSA) is 58.6 Å². The van der Waals surface area contributed by atoms with Gasteiger partial charge in [-0.2, -0.15) is 0 Å². The van der Waals surface area contributed by atoms with Crippen molar-refractivity contribution in [3.05, 3.63) is 17.0 Å². The van der Waals surface area contributed by atoms with Crippen LogP contribution in [0.1, 0.15) is 32.1 Å². The third kappa shape index (κ3) is 5.53. The summed E-state index contributed by atoms with van der Waals surface area (Å²) in [5.74, 6) is 0.529. The Hall–Kier alpha value is -0.470. The highest BCUT2D eigenvalue weighted by atomic mass is 32.2. The fourth-order valence-electron chi connectivity index (χ4n) is 2.82. The van der Waals surface area contributed by atoms with Gasteiger partial charge in [0, 0.05) is 30.6 Å². The Bertz CT molecular complexity index is 578. The molecule has 1 aliphatic heterocycles. The van der Waals surface area contributed by atoms with Crippen LogP contribution in [-0.4, -0.2) is 52.2 Å². The molecular weight excluding hydrogens is 332 g/mol. The summed E-state index contributed by atoms with van der Waals surface area (Å²) >= 11 is 1.36. The van der Waals surface area contributed by atoms with Crippen LogP contribution in [0, 0.1) is 5.92 Å². The minimum absolute atomic E-state index is 0.222. The van der Waals surface area contributed by atoms with Crippen molar-refractivity contribution in [2.75, 3.05) is 32.8 Å². The van der Waals surface area contributed by atoms with Crippen molar-refractivity contribution >= 4 is 21.4 Å². The van der Waals surface area contributed by atoms with Gasteiger partial charge < -0.3 is 4.74 Å². The lowest BCUT2D eigenvalue weighted by molar-refractivity contribution is 0.0134. The first-order chi connectivity index (χ1) is 10.9. The molecule has 23 heavy (non-hydrogen) atoms. The van der Waals surface area contributed by atoms with Gasteiger partial charge in [-0.15, -0.1) is 11.3 Å². The van der Waals surface area contributed by atoms with Crippen LogP contribution >= 0.6 is 11.3 Å². The Balaban J connectivity index is 2.01. The van der Waals surface area contributed by atoms with Gasteiger partial charge in [-0.3, -0.25) is 4.90 Å². The van der Waals surface area contributed by atoms with Gasteiger partial charge in [0.15, 0.2) is 0 Å². The molecule has 2 rings (SSSR count).